The molecule has 212 valence electrons. The lowest BCUT2D eigenvalue weighted by Crippen LogP contribution is -2.67. The maximum atomic E-state index is 10.8. The fourth-order valence-corrected chi connectivity index (χ4v) is 4.45. The molecule has 3 aliphatic heterocycles. The minimum Gasteiger partial charge on any atom is -0.394 e. The summed E-state index contributed by atoms with van der Waals surface area (Å²) in [7, 11) is 2.52. The van der Waals surface area contributed by atoms with Gasteiger partial charge in [0.15, 0.2) is 18.9 Å². The van der Waals surface area contributed by atoms with Gasteiger partial charge in [0.05, 0.1) is 19.8 Å². The Bertz CT molecular complexity index is 670. The Hall–Kier alpha value is -0.640. The monoisotopic (exact) mass is 532 g/mol. The van der Waals surface area contributed by atoms with Crippen molar-refractivity contribution in [1.82, 2.24) is 0 Å². The van der Waals surface area contributed by atoms with E-state index < -0.39 is 112 Å². The lowest BCUT2D eigenvalue weighted by Gasteiger charge is -2.48. The highest BCUT2D eigenvalue weighted by atomic mass is 16.8. The Morgan fingerprint density at radius 2 is 0.944 bits per heavy atom. The summed E-state index contributed by atoms with van der Waals surface area (Å²) < 4.78 is 38.5. The first-order valence-corrected chi connectivity index (χ1v) is 11.4. The van der Waals surface area contributed by atoms with Gasteiger partial charge >= 0.3 is 0 Å². The van der Waals surface area contributed by atoms with Crippen molar-refractivity contribution in [3.63, 3.8) is 0 Å². The molecule has 0 aliphatic carbocycles. The first kappa shape index (κ1) is 29.9. The summed E-state index contributed by atoms with van der Waals surface area (Å²) in [6.45, 7) is -2.03. The molecule has 16 nitrogen and oxygen atoms in total. The molecule has 0 spiro atoms. The predicted octanol–water partition coefficient (Wildman–Crippen LogP) is -6.26. The van der Waals surface area contributed by atoms with Crippen molar-refractivity contribution < 1.29 is 79.1 Å². The third-order valence-corrected chi connectivity index (χ3v) is 6.56. The van der Waals surface area contributed by atoms with Gasteiger partial charge in [-0.2, -0.15) is 0 Å². The molecule has 0 unspecified atom stereocenters. The highest BCUT2D eigenvalue weighted by Gasteiger charge is 2.54. The van der Waals surface area contributed by atoms with Gasteiger partial charge in [0.2, 0.25) is 0 Å². The van der Waals surface area contributed by atoms with Crippen molar-refractivity contribution in [3.05, 3.63) is 0 Å². The van der Waals surface area contributed by atoms with E-state index in [9.17, 15) is 46.0 Å². The number of aliphatic hydroxyl groups excluding tert-OH is 9. The summed E-state index contributed by atoms with van der Waals surface area (Å²) in [6.07, 6.45) is -22.5. The summed E-state index contributed by atoms with van der Waals surface area (Å²) in [4.78, 5) is 0. The van der Waals surface area contributed by atoms with Crippen LogP contribution in [0.5, 0.6) is 0 Å². The molecule has 16 heteroatoms. The first-order chi connectivity index (χ1) is 17.1. The molecule has 0 amide bonds. The van der Waals surface area contributed by atoms with Gasteiger partial charge in [-0.1, -0.05) is 0 Å². The molecule has 0 aromatic carbocycles. The summed E-state index contributed by atoms with van der Waals surface area (Å²) in [5, 5.41) is 90.6. The molecule has 15 atom stereocenters. The number of aliphatic hydroxyl groups is 9. The fourth-order valence-electron chi connectivity index (χ4n) is 4.45. The molecule has 36 heavy (non-hydrogen) atoms. The van der Waals surface area contributed by atoms with Crippen LogP contribution in [0, 0.1) is 0 Å². The number of ether oxygens (including phenoxy) is 7. The lowest BCUT2D eigenvalue weighted by molar-refractivity contribution is -0.393. The summed E-state index contributed by atoms with van der Waals surface area (Å²) in [5.74, 6) is 0. The minimum absolute atomic E-state index is 0.562. The maximum Gasteiger partial charge on any atom is 0.187 e. The third-order valence-electron chi connectivity index (χ3n) is 6.56. The van der Waals surface area contributed by atoms with Gasteiger partial charge in [-0.25, -0.2) is 0 Å². The topological polar surface area (TPSA) is 247 Å². The standard InChI is InChI=1S/C20H36O16/c1-30-15-11(26)8(5-23)33-19(31-2)17(15)36-20-16(13(28)10(25)7(4-22)34-20)35-18-14(29)12(27)9(24)6(3-21)32-18/h6-29H,3-5H2,1-2H3/t6-,7-,8-,9-,10-,11-,12+,13+,14+,15+,16+,17+,18+,19-,20+/m1/s1. The molecule has 0 aromatic rings. The highest BCUT2D eigenvalue weighted by molar-refractivity contribution is 4.96. The summed E-state index contributed by atoms with van der Waals surface area (Å²) >= 11 is 0. The number of hydrogen-bond acceptors (Lipinski definition) is 16. The normalized spacial score (nSPS) is 50.2. The average Bonchev–Trinajstić information content (AvgIpc) is 2.88. The van der Waals surface area contributed by atoms with Crippen LogP contribution >= 0.6 is 0 Å². The van der Waals surface area contributed by atoms with Gasteiger partial charge in [-0.05, 0) is 0 Å². The minimum atomic E-state index is -1.84. The van der Waals surface area contributed by atoms with E-state index in [0.717, 1.165) is 0 Å². The molecular weight excluding hydrogens is 496 g/mol. The SMILES string of the molecule is CO[C@@H]1O[C@H](CO)[C@@H](O)[C@H](OC)[C@@H]1O[C@@H]1O[C@H](CO)[C@@H](O)[C@H](O)[C@@H]1O[C@@H]1O[C@H](CO)[C@@H](O)[C@H](O)[C@@H]1O. The van der Waals surface area contributed by atoms with Crippen molar-refractivity contribution in [2.75, 3.05) is 34.0 Å². The van der Waals surface area contributed by atoms with Crippen molar-refractivity contribution in [2.45, 2.75) is 92.1 Å². The van der Waals surface area contributed by atoms with Crippen LogP contribution in [0.15, 0.2) is 0 Å². The number of rotatable bonds is 9. The average molecular weight is 532 g/mol. The van der Waals surface area contributed by atoms with E-state index in [1.807, 2.05) is 0 Å². The highest BCUT2D eigenvalue weighted by Crippen LogP contribution is 2.33. The van der Waals surface area contributed by atoms with Gasteiger partial charge in [0.1, 0.15) is 73.2 Å². The second-order valence-corrected chi connectivity index (χ2v) is 8.76. The number of methoxy groups -OCH3 is 2. The second-order valence-electron chi connectivity index (χ2n) is 8.76. The van der Waals surface area contributed by atoms with Crippen LogP contribution in [0.25, 0.3) is 0 Å². The smallest absolute Gasteiger partial charge is 0.187 e. The van der Waals surface area contributed by atoms with E-state index in [0.29, 0.717) is 0 Å². The van der Waals surface area contributed by atoms with Crippen LogP contribution in [-0.2, 0) is 33.2 Å². The van der Waals surface area contributed by atoms with Crippen LogP contribution in [0.1, 0.15) is 0 Å². The molecule has 3 heterocycles. The Morgan fingerprint density at radius 3 is 1.47 bits per heavy atom. The largest absolute Gasteiger partial charge is 0.394 e. The van der Waals surface area contributed by atoms with Gasteiger partial charge in [0.25, 0.3) is 0 Å². The molecule has 3 saturated heterocycles. The van der Waals surface area contributed by atoms with Crippen LogP contribution in [0.2, 0.25) is 0 Å². The lowest BCUT2D eigenvalue weighted by atomic mass is 9.96. The van der Waals surface area contributed by atoms with Crippen molar-refractivity contribution in [1.29, 1.82) is 0 Å². The van der Waals surface area contributed by atoms with E-state index >= 15 is 0 Å². The van der Waals surface area contributed by atoms with Gasteiger partial charge in [-0.3, -0.25) is 0 Å². The molecule has 3 aliphatic rings. The quantitative estimate of drug-likeness (QED) is 0.134. The molecule has 3 fully saturated rings. The van der Waals surface area contributed by atoms with E-state index in [1.54, 1.807) is 0 Å². The summed E-state index contributed by atoms with van der Waals surface area (Å²) in [5.41, 5.74) is 0. The second kappa shape index (κ2) is 12.9. The maximum absolute atomic E-state index is 10.8. The van der Waals surface area contributed by atoms with Gasteiger partial charge in [-0.15, -0.1) is 0 Å². The van der Waals surface area contributed by atoms with Gasteiger partial charge in [0, 0.05) is 14.2 Å². The van der Waals surface area contributed by atoms with Crippen molar-refractivity contribution in [2.24, 2.45) is 0 Å². The molecule has 0 saturated carbocycles. The van der Waals surface area contributed by atoms with E-state index in [1.165, 1.54) is 14.2 Å². The Balaban J connectivity index is 1.87. The predicted molar refractivity (Wildman–Crippen MR) is 111 cm³/mol. The zero-order valence-corrected chi connectivity index (χ0v) is 19.7. The molecular formula is C20H36O16. The van der Waals surface area contributed by atoms with E-state index in [4.69, 9.17) is 33.2 Å². The first-order valence-electron chi connectivity index (χ1n) is 11.4. The van der Waals surface area contributed by atoms with Crippen molar-refractivity contribution in [3.8, 4) is 0 Å². The Kier molecular flexibility index (Phi) is 10.8. The van der Waals surface area contributed by atoms with Crippen LogP contribution in [0.3, 0.4) is 0 Å². The zero-order chi connectivity index (χ0) is 26.7. The Morgan fingerprint density at radius 1 is 0.472 bits per heavy atom. The molecule has 0 radical (unpaired) electrons. The van der Waals surface area contributed by atoms with Crippen LogP contribution in [-0.4, -0.2) is 172 Å². The third kappa shape index (κ3) is 5.84. The fraction of sp³-hybridized carbons (Fsp3) is 1.00. The van der Waals surface area contributed by atoms with Crippen molar-refractivity contribution >= 4 is 0 Å². The molecule has 0 bridgehead atoms. The van der Waals surface area contributed by atoms with Crippen LogP contribution < -0.4 is 0 Å². The molecule has 3 rings (SSSR count). The number of hydrogen-bond donors (Lipinski definition) is 9. The van der Waals surface area contributed by atoms with Gasteiger partial charge < -0.3 is 79.1 Å². The molecule has 9 N–H and O–H groups in total. The Labute approximate surface area is 206 Å². The van der Waals surface area contributed by atoms with E-state index in [-0.39, 0.29) is 0 Å². The zero-order valence-electron chi connectivity index (χ0n) is 19.7. The van der Waals surface area contributed by atoms with E-state index in [2.05, 4.69) is 0 Å². The molecule has 0 aromatic heterocycles. The van der Waals surface area contributed by atoms with Crippen LogP contribution in [0.4, 0.5) is 0 Å². The summed E-state index contributed by atoms with van der Waals surface area (Å²) in [6, 6.07) is 0.